The van der Waals surface area contributed by atoms with E-state index >= 15 is 0 Å². The second-order valence-electron chi connectivity index (χ2n) is 6.28. The molecule has 3 N–H and O–H groups in total. The van der Waals surface area contributed by atoms with Gasteiger partial charge in [0.2, 0.25) is 5.91 Å². The Balaban J connectivity index is 1.54. The SMILES string of the molecule is CCCOc1ccc(CCNC(=O)[C@@H]2NCCc3[nH]cnc32)cc1OC. The molecule has 0 fully saturated rings. The number of rotatable bonds is 8. The predicted molar refractivity (Wildman–Crippen MR) is 98.5 cm³/mol. The van der Waals surface area contributed by atoms with Crippen LogP contribution in [0.15, 0.2) is 24.5 Å². The summed E-state index contributed by atoms with van der Waals surface area (Å²) in [5.74, 6) is 1.42. The fourth-order valence-corrected chi connectivity index (χ4v) is 3.07. The first-order valence-electron chi connectivity index (χ1n) is 9.06. The summed E-state index contributed by atoms with van der Waals surface area (Å²) in [6, 6.07) is 5.50. The van der Waals surface area contributed by atoms with Crippen molar-refractivity contribution in [2.75, 3.05) is 26.8 Å². The number of benzene rings is 1. The zero-order valence-corrected chi connectivity index (χ0v) is 15.3. The quantitative estimate of drug-likeness (QED) is 0.669. The monoisotopic (exact) mass is 358 g/mol. The van der Waals surface area contributed by atoms with E-state index in [-0.39, 0.29) is 11.9 Å². The van der Waals surface area contributed by atoms with Crippen molar-refractivity contribution in [1.29, 1.82) is 0 Å². The molecular weight excluding hydrogens is 332 g/mol. The Hall–Kier alpha value is -2.54. The Morgan fingerprint density at radius 2 is 2.27 bits per heavy atom. The molecule has 0 spiro atoms. The molecule has 3 rings (SSSR count). The van der Waals surface area contributed by atoms with Gasteiger partial charge in [-0.3, -0.25) is 4.79 Å². The lowest BCUT2D eigenvalue weighted by atomic mass is 10.0. The van der Waals surface area contributed by atoms with E-state index in [0.717, 1.165) is 54.3 Å². The van der Waals surface area contributed by atoms with Crippen LogP contribution in [-0.4, -0.2) is 42.7 Å². The van der Waals surface area contributed by atoms with Crippen molar-refractivity contribution in [2.45, 2.75) is 32.2 Å². The van der Waals surface area contributed by atoms with Crippen molar-refractivity contribution >= 4 is 5.91 Å². The molecule has 1 aliphatic heterocycles. The summed E-state index contributed by atoms with van der Waals surface area (Å²) in [6.07, 6.45) is 4.18. The molecule has 140 valence electrons. The highest BCUT2D eigenvalue weighted by Gasteiger charge is 2.27. The van der Waals surface area contributed by atoms with Gasteiger partial charge in [-0.1, -0.05) is 13.0 Å². The molecule has 26 heavy (non-hydrogen) atoms. The molecule has 0 radical (unpaired) electrons. The Labute approximate surface area is 153 Å². The average Bonchev–Trinajstić information content (AvgIpc) is 3.15. The summed E-state index contributed by atoms with van der Waals surface area (Å²) in [6.45, 7) is 4.05. The lowest BCUT2D eigenvalue weighted by Crippen LogP contribution is -2.42. The minimum Gasteiger partial charge on any atom is -0.493 e. The summed E-state index contributed by atoms with van der Waals surface area (Å²) in [7, 11) is 1.63. The number of ether oxygens (including phenoxy) is 2. The van der Waals surface area contributed by atoms with E-state index in [1.54, 1.807) is 13.4 Å². The Morgan fingerprint density at radius 3 is 3.08 bits per heavy atom. The molecule has 1 atom stereocenters. The topological polar surface area (TPSA) is 88.3 Å². The molecule has 1 amide bonds. The largest absolute Gasteiger partial charge is 0.493 e. The first-order chi connectivity index (χ1) is 12.7. The fourth-order valence-electron chi connectivity index (χ4n) is 3.07. The minimum atomic E-state index is -0.385. The maximum Gasteiger partial charge on any atom is 0.243 e. The number of amides is 1. The average molecular weight is 358 g/mol. The third-order valence-corrected chi connectivity index (χ3v) is 4.41. The van der Waals surface area contributed by atoms with E-state index in [2.05, 4.69) is 27.5 Å². The van der Waals surface area contributed by atoms with Crippen LogP contribution in [0.5, 0.6) is 11.5 Å². The van der Waals surface area contributed by atoms with Crippen LogP contribution >= 0.6 is 0 Å². The van der Waals surface area contributed by atoms with E-state index in [4.69, 9.17) is 9.47 Å². The lowest BCUT2D eigenvalue weighted by Gasteiger charge is -2.22. The molecule has 2 aromatic rings. The van der Waals surface area contributed by atoms with Gasteiger partial charge in [0.1, 0.15) is 6.04 Å². The lowest BCUT2D eigenvalue weighted by molar-refractivity contribution is -0.123. The smallest absolute Gasteiger partial charge is 0.243 e. The van der Waals surface area contributed by atoms with Crippen LogP contribution in [0.25, 0.3) is 0 Å². The molecule has 1 aliphatic rings. The second-order valence-corrected chi connectivity index (χ2v) is 6.28. The van der Waals surface area contributed by atoms with Gasteiger partial charge in [-0.25, -0.2) is 4.98 Å². The molecule has 0 unspecified atom stereocenters. The van der Waals surface area contributed by atoms with E-state index < -0.39 is 0 Å². The van der Waals surface area contributed by atoms with Crippen molar-refractivity contribution in [2.24, 2.45) is 0 Å². The molecule has 7 nitrogen and oxygen atoms in total. The number of H-pyrrole nitrogens is 1. The van der Waals surface area contributed by atoms with Crippen molar-refractivity contribution in [3.63, 3.8) is 0 Å². The van der Waals surface area contributed by atoms with Crippen LogP contribution in [0.2, 0.25) is 0 Å². The number of hydrogen-bond donors (Lipinski definition) is 3. The highest BCUT2D eigenvalue weighted by atomic mass is 16.5. The fraction of sp³-hybridized carbons (Fsp3) is 0.474. The summed E-state index contributed by atoms with van der Waals surface area (Å²) < 4.78 is 11.1. The Kier molecular flexibility index (Phi) is 6.12. The van der Waals surface area contributed by atoms with Gasteiger partial charge in [0.15, 0.2) is 11.5 Å². The predicted octanol–water partition coefficient (Wildman–Crippen LogP) is 1.75. The number of aromatic nitrogens is 2. The minimum absolute atomic E-state index is 0.0482. The molecule has 0 aliphatic carbocycles. The first-order valence-corrected chi connectivity index (χ1v) is 9.06. The summed E-state index contributed by atoms with van der Waals surface area (Å²) >= 11 is 0. The van der Waals surface area contributed by atoms with Crippen molar-refractivity contribution < 1.29 is 14.3 Å². The second kappa shape index (κ2) is 8.71. The molecule has 1 aromatic heterocycles. The number of fused-ring (bicyclic) bond motifs is 1. The van der Waals surface area contributed by atoms with Crippen LogP contribution in [-0.2, 0) is 17.6 Å². The number of imidazole rings is 1. The van der Waals surface area contributed by atoms with Crippen molar-refractivity contribution in [3.8, 4) is 11.5 Å². The molecule has 0 saturated carbocycles. The summed E-state index contributed by atoms with van der Waals surface area (Å²) in [4.78, 5) is 19.8. The normalized spacial score (nSPS) is 16.0. The Morgan fingerprint density at radius 1 is 1.38 bits per heavy atom. The van der Waals surface area contributed by atoms with Gasteiger partial charge >= 0.3 is 0 Å². The zero-order valence-electron chi connectivity index (χ0n) is 15.3. The number of nitrogens with one attached hydrogen (secondary N) is 3. The van der Waals surface area contributed by atoms with Gasteiger partial charge in [-0.05, 0) is 30.5 Å². The molecular formula is C19H26N4O3. The molecule has 0 saturated heterocycles. The number of carbonyl (C=O) groups excluding carboxylic acids is 1. The number of aromatic amines is 1. The molecule has 1 aromatic carbocycles. The van der Waals surface area contributed by atoms with E-state index in [9.17, 15) is 4.79 Å². The van der Waals surface area contributed by atoms with Gasteiger partial charge < -0.3 is 25.1 Å². The highest BCUT2D eigenvalue weighted by molar-refractivity contribution is 5.83. The molecule has 2 heterocycles. The molecule has 0 bridgehead atoms. The third-order valence-electron chi connectivity index (χ3n) is 4.41. The number of hydrogen-bond acceptors (Lipinski definition) is 5. The van der Waals surface area contributed by atoms with Crippen LogP contribution in [0.3, 0.4) is 0 Å². The maximum atomic E-state index is 12.5. The number of methoxy groups -OCH3 is 1. The standard InChI is InChI=1S/C19H26N4O3/c1-3-10-26-15-5-4-13(11-16(15)25-2)6-8-21-19(24)18-17-14(7-9-20-18)22-12-23-17/h4-5,11-12,18,20H,3,6-10H2,1-2H3,(H,21,24)(H,22,23)/t18-/m1/s1. The number of carbonyl (C=O) groups is 1. The van der Waals surface area contributed by atoms with Gasteiger partial charge in [-0.15, -0.1) is 0 Å². The van der Waals surface area contributed by atoms with Crippen molar-refractivity contribution in [1.82, 2.24) is 20.6 Å². The first kappa shape index (κ1) is 18.3. The van der Waals surface area contributed by atoms with Gasteiger partial charge in [0.25, 0.3) is 0 Å². The van der Waals surface area contributed by atoms with Crippen LogP contribution < -0.4 is 20.1 Å². The van der Waals surface area contributed by atoms with Gasteiger partial charge in [-0.2, -0.15) is 0 Å². The van der Waals surface area contributed by atoms with Crippen molar-refractivity contribution in [3.05, 3.63) is 41.5 Å². The zero-order chi connectivity index (χ0) is 18.4. The van der Waals surface area contributed by atoms with E-state index in [1.165, 1.54) is 0 Å². The highest BCUT2D eigenvalue weighted by Crippen LogP contribution is 2.28. The van der Waals surface area contributed by atoms with Crippen LogP contribution in [0.1, 0.15) is 36.3 Å². The van der Waals surface area contributed by atoms with E-state index in [0.29, 0.717) is 13.2 Å². The van der Waals surface area contributed by atoms with Gasteiger partial charge in [0.05, 0.1) is 25.7 Å². The summed E-state index contributed by atoms with van der Waals surface area (Å²) in [5, 5.41) is 6.21. The van der Waals surface area contributed by atoms with Crippen LogP contribution in [0, 0.1) is 0 Å². The molecule has 7 heteroatoms. The third kappa shape index (κ3) is 4.16. The Bertz CT molecular complexity index is 744. The summed E-state index contributed by atoms with van der Waals surface area (Å²) in [5.41, 5.74) is 2.92. The van der Waals surface area contributed by atoms with E-state index in [1.807, 2.05) is 18.2 Å². The maximum absolute atomic E-state index is 12.5. The van der Waals surface area contributed by atoms with Crippen LogP contribution in [0.4, 0.5) is 0 Å². The van der Waals surface area contributed by atoms with Gasteiger partial charge in [0, 0.05) is 25.2 Å². The number of nitrogens with zero attached hydrogens (tertiary/aromatic N) is 1.